The van der Waals surface area contributed by atoms with Gasteiger partial charge in [-0.25, -0.2) is 0 Å². The molecule has 0 unspecified atom stereocenters. The normalized spacial score (nSPS) is 14.0. The Hall–Kier alpha value is -2.18. The molecule has 168 valence electrons. The summed E-state index contributed by atoms with van der Waals surface area (Å²) >= 11 is 1.72. The first-order valence-electron chi connectivity index (χ1n) is 11.2. The van der Waals surface area contributed by atoms with E-state index in [1.54, 1.807) is 23.3 Å². The lowest BCUT2D eigenvalue weighted by molar-refractivity contribution is -0.143. The summed E-state index contributed by atoms with van der Waals surface area (Å²) in [4.78, 5) is 32.6. The molecule has 1 fully saturated rings. The van der Waals surface area contributed by atoms with Crippen LogP contribution in [0.25, 0.3) is 0 Å². The maximum atomic E-state index is 13.4. The fraction of sp³-hybridized carbons (Fsp3) is 0.520. The van der Waals surface area contributed by atoms with E-state index in [0.29, 0.717) is 26.2 Å². The van der Waals surface area contributed by atoms with Crippen molar-refractivity contribution in [2.45, 2.75) is 52.1 Å². The van der Waals surface area contributed by atoms with Crippen molar-refractivity contribution >= 4 is 23.2 Å². The summed E-state index contributed by atoms with van der Waals surface area (Å²) < 4.78 is 5.18. The molecule has 0 aliphatic heterocycles. The van der Waals surface area contributed by atoms with Crippen LogP contribution in [-0.4, -0.2) is 48.4 Å². The van der Waals surface area contributed by atoms with Crippen LogP contribution in [0.15, 0.2) is 42.5 Å². The highest BCUT2D eigenvalue weighted by atomic mass is 32.1. The first kappa shape index (κ1) is 23.5. The van der Waals surface area contributed by atoms with Crippen LogP contribution in [-0.2, 0) is 27.4 Å². The Bertz CT molecular complexity index is 830. The molecule has 2 aromatic rings. The van der Waals surface area contributed by atoms with E-state index in [4.69, 9.17) is 4.74 Å². The Labute approximate surface area is 190 Å². The number of nitrogens with zero attached hydrogens (tertiary/aromatic N) is 2. The number of hydrogen-bond donors (Lipinski definition) is 0. The highest BCUT2D eigenvalue weighted by Gasteiger charge is 2.29. The van der Waals surface area contributed by atoms with Crippen LogP contribution in [0.5, 0.6) is 0 Å². The fourth-order valence-corrected chi connectivity index (χ4v) is 5.06. The summed E-state index contributed by atoms with van der Waals surface area (Å²) in [6.07, 6.45) is 4.83. The van der Waals surface area contributed by atoms with Gasteiger partial charge >= 0.3 is 0 Å². The highest BCUT2D eigenvalue weighted by Crippen LogP contribution is 2.27. The number of methoxy groups -OCH3 is 1. The molecule has 3 rings (SSSR count). The van der Waals surface area contributed by atoms with E-state index < -0.39 is 0 Å². The second kappa shape index (κ2) is 12.0. The summed E-state index contributed by atoms with van der Waals surface area (Å²) in [5.74, 6) is 0.199. The van der Waals surface area contributed by atoms with Gasteiger partial charge in [-0.05, 0) is 43.9 Å². The predicted octanol–water partition coefficient (Wildman–Crippen LogP) is 4.64. The van der Waals surface area contributed by atoms with Gasteiger partial charge in [0.2, 0.25) is 11.8 Å². The fourth-order valence-electron chi connectivity index (χ4n) is 4.16. The van der Waals surface area contributed by atoms with Gasteiger partial charge in [0.15, 0.2) is 0 Å². The Morgan fingerprint density at radius 1 is 1.03 bits per heavy atom. The van der Waals surface area contributed by atoms with Crippen LogP contribution in [0.1, 0.15) is 47.4 Å². The number of carbonyl (C=O) groups is 2. The molecule has 1 aliphatic rings. The number of ether oxygens (including phenoxy) is 1. The zero-order valence-electron chi connectivity index (χ0n) is 18.7. The second-order valence-corrected chi connectivity index (χ2v) is 9.71. The van der Waals surface area contributed by atoms with Crippen molar-refractivity contribution in [1.29, 1.82) is 0 Å². The van der Waals surface area contributed by atoms with Gasteiger partial charge in [-0.3, -0.25) is 9.59 Å². The molecule has 0 atom stereocenters. The van der Waals surface area contributed by atoms with Crippen molar-refractivity contribution < 1.29 is 14.3 Å². The third kappa shape index (κ3) is 7.18. The van der Waals surface area contributed by atoms with Gasteiger partial charge < -0.3 is 14.5 Å². The van der Waals surface area contributed by atoms with Gasteiger partial charge in [0.1, 0.15) is 0 Å². The lowest BCUT2D eigenvalue weighted by Gasteiger charge is -2.29. The lowest BCUT2D eigenvalue weighted by atomic mass is 10.1. The number of carbonyl (C=O) groups excluding carboxylic acids is 2. The minimum absolute atomic E-state index is 0.00123. The largest absolute Gasteiger partial charge is 0.385 e. The minimum Gasteiger partial charge on any atom is -0.385 e. The predicted molar refractivity (Wildman–Crippen MR) is 125 cm³/mol. The maximum Gasteiger partial charge on any atom is 0.242 e. The molecule has 0 bridgehead atoms. The molecule has 1 heterocycles. The van der Waals surface area contributed by atoms with E-state index >= 15 is 0 Å². The van der Waals surface area contributed by atoms with Gasteiger partial charge in [0.25, 0.3) is 0 Å². The Morgan fingerprint density at radius 2 is 1.77 bits per heavy atom. The van der Waals surface area contributed by atoms with Crippen LogP contribution in [0.4, 0.5) is 0 Å². The molecule has 31 heavy (non-hydrogen) atoms. The number of aryl methyl sites for hydroxylation is 1. The molecule has 1 aliphatic carbocycles. The first-order valence-corrected chi connectivity index (χ1v) is 12.0. The average molecular weight is 443 g/mol. The summed E-state index contributed by atoms with van der Waals surface area (Å²) in [6, 6.07) is 14.2. The van der Waals surface area contributed by atoms with Crippen molar-refractivity contribution in [3.05, 3.63) is 57.8 Å². The van der Waals surface area contributed by atoms with Gasteiger partial charge in [-0.2, -0.15) is 0 Å². The molecule has 1 aromatic heterocycles. The molecular weight excluding hydrogens is 408 g/mol. The van der Waals surface area contributed by atoms with E-state index in [9.17, 15) is 9.59 Å². The second-order valence-electron chi connectivity index (χ2n) is 8.34. The van der Waals surface area contributed by atoms with Crippen LogP contribution in [0.2, 0.25) is 0 Å². The van der Waals surface area contributed by atoms with Crippen LogP contribution in [0, 0.1) is 12.8 Å². The van der Waals surface area contributed by atoms with Crippen molar-refractivity contribution in [3.63, 3.8) is 0 Å². The number of hydrogen-bond acceptors (Lipinski definition) is 4. The number of benzene rings is 1. The molecule has 2 amide bonds. The molecule has 6 heteroatoms. The van der Waals surface area contributed by atoms with Crippen molar-refractivity contribution in [1.82, 2.24) is 9.80 Å². The maximum absolute atomic E-state index is 13.4. The number of rotatable bonds is 11. The van der Waals surface area contributed by atoms with Crippen molar-refractivity contribution in [2.24, 2.45) is 5.92 Å². The summed E-state index contributed by atoms with van der Waals surface area (Å²) in [6.45, 7) is 4.47. The van der Waals surface area contributed by atoms with Gasteiger partial charge in [0.05, 0.1) is 13.1 Å². The van der Waals surface area contributed by atoms with Gasteiger partial charge in [-0.1, -0.05) is 43.2 Å². The zero-order chi connectivity index (χ0) is 22.1. The third-order valence-electron chi connectivity index (χ3n) is 5.83. The number of thiophene rings is 1. The van der Waals surface area contributed by atoms with Gasteiger partial charge in [0, 0.05) is 42.5 Å². The molecule has 0 spiro atoms. The standard InChI is InChI=1S/C25H34N2O3S/c1-20-13-14-23(31-20)18-27(17-21-9-4-3-5-10-21)24(28)19-26(15-8-16-30-2)25(29)22-11-6-7-12-22/h3-5,9-10,13-14,22H,6-8,11-12,15-19H2,1-2H3. The zero-order valence-corrected chi connectivity index (χ0v) is 19.5. The monoisotopic (exact) mass is 442 g/mol. The molecule has 0 radical (unpaired) electrons. The molecule has 1 aromatic carbocycles. The van der Waals surface area contributed by atoms with Gasteiger partial charge in [-0.15, -0.1) is 11.3 Å². The van der Waals surface area contributed by atoms with Crippen molar-refractivity contribution in [2.75, 3.05) is 26.8 Å². The molecule has 0 N–H and O–H groups in total. The van der Waals surface area contributed by atoms with E-state index in [-0.39, 0.29) is 24.3 Å². The SMILES string of the molecule is COCCCN(CC(=O)N(Cc1ccccc1)Cc1ccc(C)s1)C(=O)C1CCCC1. The van der Waals surface area contributed by atoms with E-state index in [1.807, 2.05) is 35.2 Å². The topological polar surface area (TPSA) is 49.9 Å². The van der Waals surface area contributed by atoms with Crippen LogP contribution in [0.3, 0.4) is 0 Å². The third-order valence-corrected chi connectivity index (χ3v) is 6.82. The molecule has 1 saturated carbocycles. The highest BCUT2D eigenvalue weighted by molar-refractivity contribution is 7.11. The Kier molecular flexibility index (Phi) is 9.10. The Balaban J connectivity index is 1.73. The molecule has 0 saturated heterocycles. The van der Waals surface area contributed by atoms with Crippen LogP contribution >= 0.6 is 11.3 Å². The molecule has 5 nitrogen and oxygen atoms in total. The summed E-state index contributed by atoms with van der Waals surface area (Å²) in [5.41, 5.74) is 1.09. The summed E-state index contributed by atoms with van der Waals surface area (Å²) in [5, 5.41) is 0. The Morgan fingerprint density at radius 3 is 2.42 bits per heavy atom. The number of amides is 2. The van der Waals surface area contributed by atoms with Crippen LogP contribution < -0.4 is 0 Å². The average Bonchev–Trinajstić information content (AvgIpc) is 3.45. The quantitative estimate of drug-likeness (QED) is 0.476. The summed E-state index contributed by atoms with van der Waals surface area (Å²) in [7, 11) is 1.67. The minimum atomic E-state index is -0.00123. The van der Waals surface area contributed by atoms with E-state index in [0.717, 1.165) is 42.5 Å². The van der Waals surface area contributed by atoms with Crippen molar-refractivity contribution in [3.8, 4) is 0 Å². The molecular formula is C25H34N2O3S. The first-order chi connectivity index (χ1) is 15.1. The lowest BCUT2D eigenvalue weighted by Crippen LogP contribution is -2.44. The van der Waals surface area contributed by atoms with E-state index in [2.05, 4.69) is 19.1 Å². The van der Waals surface area contributed by atoms with E-state index in [1.165, 1.54) is 4.88 Å². The smallest absolute Gasteiger partial charge is 0.242 e.